The predicted octanol–water partition coefficient (Wildman–Crippen LogP) is 3.47. The lowest BCUT2D eigenvalue weighted by molar-refractivity contribution is 0.171. The van der Waals surface area contributed by atoms with Crippen molar-refractivity contribution in [3.8, 4) is 11.5 Å². The second-order valence-corrected chi connectivity index (χ2v) is 7.46. The van der Waals surface area contributed by atoms with Crippen LogP contribution >= 0.6 is 22.9 Å². The number of ether oxygens (including phenoxy) is 2. The van der Waals surface area contributed by atoms with Gasteiger partial charge >= 0.3 is 0 Å². The molecule has 1 N–H and O–H groups in total. The molecule has 0 saturated heterocycles. The number of halogens is 1. The summed E-state index contributed by atoms with van der Waals surface area (Å²) in [6.45, 7) is 7.12. The van der Waals surface area contributed by atoms with E-state index in [9.17, 15) is 0 Å². The summed E-state index contributed by atoms with van der Waals surface area (Å²) < 4.78 is 11.2. The number of nitrogens with zero attached hydrogens (tertiary/aromatic N) is 3. The Balaban J connectivity index is 1.73. The summed E-state index contributed by atoms with van der Waals surface area (Å²) in [5, 5.41) is 7.03. The van der Waals surface area contributed by atoms with Crippen LogP contribution in [0.3, 0.4) is 0 Å². The van der Waals surface area contributed by atoms with E-state index in [0.29, 0.717) is 42.8 Å². The highest BCUT2D eigenvalue weighted by Crippen LogP contribution is 2.38. The van der Waals surface area contributed by atoms with Crippen molar-refractivity contribution in [1.29, 1.82) is 0 Å². The van der Waals surface area contributed by atoms with Crippen LogP contribution in [-0.4, -0.2) is 42.6 Å². The maximum atomic E-state index is 6.31. The Kier molecular flexibility index (Phi) is 6.21. The fraction of sp³-hybridized carbons (Fsp3) is 0.444. The lowest BCUT2D eigenvalue weighted by Crippen LogP contribution is -2.38. The number of hydrogen-bond acceptors (Lipinski definition) is 5. The van der Waals surface area contributed by atoms with E-state index in [0.717, 1.165) is 28.8 Å². The Morgan fingerprint density at radius 3 is 2.92 bits per heavy atom. The van der Waals surface area contributed by atoms with Gasteiger partial charge in [-0.15, -0.1) is 11.3 Å². The highest BCUT2D eigenvalue weighted by molar-refractivity contribution is 7.09. The summed E-state index contributed by atoms with van der Waals surface area (Å²) in [4.78, 5) is 11.3. The minimum absolute atomic E-state index is 0.499. The van der Waals surface area contributed by atoms with E-state index in [2.05, 4.69) is 27.5 Å². The zero-order valence-electron chi connectivity index (χ0n) is 15.2. The molecule has 0 bridgehead atoms. The summed E-state index contributed by atoms with van der Waals surface area (Å²) in [5.74, 6) is 2.13. The minimum Gasteiger partial charge on any atom is -0.486 e. The van der Waals surface area contributed by atoms with Crippen LogP contribution < -0.4 is 14.8 Å². The lowest BCUT2D eigenvalue weighted by atomic mass is 10.2. The second kappa shape index (κ2) is 8.60. The van der Waals surface area contributed by atoms with Crippen LogP contribution in [0.2, 0.25) is 5.02 Å². The van der Waals surface area contributed by atoms with E-state index in [-0.39, 0.29) is 0 Å². The molecule has 0 saturated carbocycles. The molecule has 140 valence electrons. The number of aliphatic imine (C=N–C) groups is 1. The van der Waals surface area contributed by atoms with Crippen molar-refractivity contribution >= 4 is 28.9 Å². The van der Waals surface area contributed by atoms with Crippen molar-refractivity contribution in [1.82, 2.24) is 15.2 Å². The summed E-state index contributed by atoms with van der Waals surface area (Å²) >= 11 is 7.97. The number of hydrogen-bond donors (Lipinski definition) is 1. The Hall–Kier alpha value is -1.99. The van der Waals surface area contributed by atoms with Gasteiger partial charge in [0.25, 0.3) is 0 Å². The van der Waals surface area contributed by atoms with Gasteiger partial charge in [0.05, 0.1) is 28.8 Å². The van der Waals surface area contributed by atoms with Crippen molar-refractivity contribution in [2.75, 3.05) is 26.8 Å². The van der Waals surface area contributed by atoms with E-state index >= 15 is 0 Å². The standard InChI is InChI=1S/C18H23ClN4O2S/c1-4-20-18(23(3)10-14-11-26-12(2)22-14)21-9-13-7-15(19)17-16(8-13)24-5-6-25-17/h7-8,11H,4-6,9-10H2,1-3H3,(H,20,21). The third-order valence-corrected chi connectivity index (χ3v) is 4.93. The maximum absolute atomic E-state index is 6.31. The molecule has 1 aromatic heterocycles. The number of aryl methyl sites for hydroxylation is 1. The molecule has 1 aromatic carbocycles. The Morgan fingerprint density at radius 1 is 1.38 bits per heavy atom. The molecule has 6 nitrogen and oxygen atoms in total. The topological polar surface area (TPSA) is 59.0 Å². The highest BCUT2D eigenvalue weighted by atomic mass is 35.5. The molecule has 0 atom stereocenters. The number of aromatic nitrogens is 1. The third kappa shape index (κ3) is 4.59. The van der Waals surface area contributed by atoms with Gasteiger partial charge in [0.1, 0.15) is 13.2 Å². The number of benzene rings is 1. The molecular formula is C18H23ClN4O2S. The fourth-order valence-corrected chi connectivity index (χ4v) is 3.58. The molecule has 26 heavy (non-hydrogen) atoms. The van der Waals surface area contributed by atoms with Crippen LogP contribution in [0.25, 0.3) is 0 Å². The van der Waals surface area contributed by atoms with Gasteiger partial charge in [-0.1, -0.05) is 11.6 Å². The Bertz CT molecular complexity index is 793. The Labute approximate surface area is 162 Å². The molecule has 1 aliphatic heterocycles. The average molecular weight is 395 g/mol. The van der Waals surface area contributed by atoms with E-state index in [1.165, 1.54) is 0 Å². The number of guanidine groups is 1. The van der Waals surface area contributed by atoms with Crippen molar-refractivity contribution in [3.63, 3.8) is 0 Å². The van der Waals surface area contributed by atoms with Gasteiger partial charge < -0.3 is 19.7 Å². The lowest BCUT2D eigenvalue weighted by Gasteiger charge is -2.22. The van der Waals surface area contributed by atoms with Gasteiger partial charge in [-0.3, -0.25) is 0 Å². The van der Waals surface area contributed by atoms with E-state index in [4.69, 9.17) is 26.1 Å². The van der Waals surface area contributed by atoms with Gasteiger partial charge in [-0.2, -0.15) is 0 Å². The molecule has 0 fully saturated rings. The van der Waals surface area contributed by atoms with Gasteiger partial charge in [0.15, 0.2) is 17.5 Å². The molecule has 2 heterocycles. The van der Waals surface area contributed by atoms with Crippen LogP contribution in [0.5, 0.6) is 11.5 Å². The second-order valence-electron chi connectivity index (χ2n) is 5.99. The summed E-state index contributed by atoms with van der Waals surface area (Å²) in [7, 11) is 2.01. The first-order chi connectivity index (χ1) is 12.6. The first kappa shape index (κ1) is 18.8. The monoisotopic (exact) mass is 394 g/mol. The molecule has 0 radical (unpaired) electrons. The molecule has 0 spiro atoms. The zero-order valence-corrected chi connectivity index (χ0v) is 16.8. The minimum atomic E-state index is 0.499. The number of nitrogens with one attached hydrogen (secondary N) is 1. The van der Waals surface area contributed by atoms with E-state index in [1.54, 1.807) is 11.3 Å². The van der Waals surface area contributed by atoms with Gasteiger partial charge in [0, 0.05) is 19.0 Å². The first-order valence-electron chi connectivity index (χ1n) is 8.55. The van der Waals surface area contributed by atoms with E-state index < -0.39 is 0 Å². The number of rotatable bonds is 5. The van der Waals surface area contributed by atoms with Gasteiger partial charge in [-0.25, -0.2) is 9.98 Å². The molecule has 0 amide bonds. The van der Waals surface area contributed by atoms with Crippen molar-refractivity contribution in [2.24, 2.45) is 4.99 Å². The van der Waals surface area contributed by atoms with Crippen LogP contribution in [-0.2, 0) is 13.1 Å². The van der Waals surface area contributed by atoms with Crippen LogP contribution in [0.1, 0.15) is 23.2 Å². The summed E-state index contributed by atoms with van der Waals surface area (Å²) in [5.41, 5.74) is 2.02. The normalized spacial score (nSPS) is 13.6. The molecule has 0 aliphatic carbocycles. The molecule has 2 aromatic rings. The van der Waals surface area contributed by atoms with Crippen LogP contribution in [0.15, 0.2) is 22.5 Å². The number of thiazole rings is 1. The smallest absolute Gasteiger partial charge is 0.194 e. The third-order valence-electron chi connectivity index (χ3n) is 3.83. The van der Waals surface area contributed by atoms with Crippen molar-refractivity contribution in [3.05, 3.63) is 38.8 Å². The molecule has 0 unspecified atom stereocenters. The largest absolute Gasteiger partial charge is 0.486 e. The molecule has 3 rings (SSSR count). The molecule has 8 heteroatoms. The Morgan fingerprint density at radius 2 is 2.19 bits per heavy atom. The van der Waals surface area contributed by atoms with Gasteiger partial charge in [-0.05, 0) is 31.5 Å². The number of fused-ring (bicyclic) bond motifs is 1. The SMILES string of the molecule is CCNC(=NCc1cc(Cl)c2c(c1)OCCO2)N(C)Cc1csc(C)n1. The first-order valence-corrected chi connectivity index (χ1v) is 9.81. The quantitative estimate of drug-likeness (QED) is 0.621. The zero-order chi connectivity index (χ0) is 18.5. The van der Waals surface area contributed by atoms with E-state index in [1.807, 2.05) is 26.1 Å². The highest BCUT2D eigenvalue weighted by Gasteiger charge is 2.17. The average Bonchev–Trinajstić information content (AvgIpc) is 3.03. The van der Waals surface area contributed by atoms with Crippen LogP contribution in [0.4, 0.5) is 0 Å². The van der Waals surface area contributed by atoms with Gasteiger partial charge in [0.2, 0.25) is 0 Å². The maximum Gasteiger partial charge on any atom is 0.194 e. The summed E-state index contributed by atoms with van der Waals surface area (Å²) in [6.07, 6.45) is 0. The van der Waals surface area contributed by atoms with Crippen LogP contribution in [0, 0.1) is 6.92 Å². The fourth-order valence-electron chi connectivity index (χ4n) is 2.69. The van der Waals surface area contributed by atoms with Crippen molar-refractivity contribution < 1.29 is 9.47 Å². The van der Waals surface area contributed by atoms with Crippen molar-refractivity contribution in [2.45, 2.75) is 26.9 Å². The predicted molar refractivity (Wildman–Crippen MR) is 106 cm³/mol. The molecular weight excluding hydrogens is 372 g/mol. The summed E-state index contributed by atoms with van der Waals surface area (Å²) in [6, 6.07) is 3.82. The molecule has 1 aliphatic rings.